The van der Waals surface area contributed by atoms with Crippen molar-refractivity contribution in [3.63, 3.8) is 0 Å². The van der Waals surface area contributed by atoms with Gasteiger partial charge in [0.05, 0.1) is 36.1 Å². The summed E-state index contributed by atoms with van der Waals surface area (Å²) in [5, 5.41) is 24.7. The van der Waals surface area contributed by atoms with Crippen molar-refractivity contribution in [3.8, 4) is 0 Å². The van der Waals surface area contributed by atoms with Gasteiger partial charge in [0.15, 0.2) is 60.6 Å². The molecule has 3 aromatic heterocycles. The van der Waals surface area contributed by atoms with Gasteiger partial charge in [0.25, 0.3) is 0 Å². The number of alkyl halides is 6. The second-order valence-electron chi connectivity index (χ2n) is 20.1. The van der Waals surface area contributed by atoms with Crippen molar-refractivity contribution >= 4 is 88.1 Å². The molecule has 0 aromatic carbocycles. The number of nitrogens with one attached hydrogen (secondary N) is 2. The highest BCUT2D eigenvalue weighted by molar-refractivity contribution is 6.19. The van der Waals surface area contributed by atoms with Gasteiger partial charge < -0.3 is 64.5 Å². The van der Waals surface area contributed by atoms with Gasteiger partial charge in [-0.3, -0.25) is 42.5 Å². The van der Waals surface area contributed by atoms with E-state index in [0.29, 0.717) is 6.54 Å². The molecule has 6 rings (SSSR count). The average molecular weight is 1320 g/mol. The maximum Gasteiger partial charge on any atom is 0.351 e. The number of nitrogens with zero attached hydrogens (tertiary/aromatic N) is 6. The third-order valence-electron chi connectivity index (χ3n) is 13.0. The van der Waals surface area contributed by atoms with Crippen molar-refractivity contribution in [3.05, 3.63) is 68.2 Å². The highest BCUT2D eigenvalue weighted by Gasteiger charge is 2.61. The van der Waals surface area contributed by atoms with Crippen LogP contribution in [0.4, 0.5) is 30.6 Å². The van der Waals surface area contributed by atoms with E-state index in [0.717, 1.165) is 13.7 Å². The van der Waals surface area contributed by atoms with Crippen molar-refractivity contribution in [2.75, 3.05) is 66.9 Å². The van der Waals surface area contributed by atoms with Crippen LogP contribution >= 0.6 is 34.8 Å². The normalized spacial score (nSPS) is 26.3. The van der Waals surface area contributed by atoms with Crippen molar-refractivity contribution in [1.82, 2.24) is 28.7 Å². The molecule has 0 spiro atoms. The molecule has 3 aliphatic heterocycles. The van der Waals surface area contributed by atoms with Crippen LogP contribution in [0.15, 0.2) is 51.2 Å². The van der Waals surface area contributed by atoms with Crippen LogP contribution in [0, 0.1) is 11.8 Å². The first kappa shape index (κ1) is 72.3. The van der Waals surface area contributed by atoms with E-state index in [1.54, 1.807) is 48.5 Å². The summed E-state index contributed by atoms with van der Waals surface area (Å²) in [6, 6.07) is 4.15. The standard InChI is InChI=1S/C18H25ClFN3O6.C16H21ClFN3O6.C12H17ClFN3O4.C8H14O3/c1-4-12(24)27-10-18(9-19)15(28-13(25)5-2)14(20)16(29-18)23-8-7-11(21-6-3)22-17(23)26;1-3-10(22)25-8-16(7-17)13(26-11(23)4-2)12(18)14(27-16)21-6-5-9(19)20-15(21)24;1-2-15-7-3-4-17(11(20)16-7)10-8(14)9(19)12(5-13,6-18)21-10;1-5(2)7(9)11-8(10)6(3)4/h7-8,14-16H,4-6,9-10H2,1-3H3,(H,21,22,26);5-6,12-14H,3-4,7-8H2,1-2H3,(H2,19,20,24);3-4,8-10,18-19H,2,5-6H2,1H3,(H,15,16,20);5-6H,1-4H3/t14-,15+,16-,18-;12-,13+,14-,16-;8-,9+,10-,12-;/m111./s1/i3T;;1T;. The van der Waals surface area contributed by atoms with Gasteiger partial charge in [0.1, 0.15) is 42.4 Å². The molecule has 0 bridgehead atoms. The van der Waals surface area contributed by atoms with E-state index in [9.17, 15) is 57.8 Å². The second-order valence-corrected chi connectivity index (χ2v) is 20.9. The molecule has 0 unspecified atom stereocenters. The van der Waals surface area contributed by atoms with Crippen molar-refractivity contribution in [1.29, 1.82) is 0 Å². The highest BCUT2D eigenvalue weighted by atomic mass is 35.5. The first-order valence-electron chi connectivity index (χ1n) is 28.9. The zero-order valence-corrected chi connectivity index (χ0v) is 51.8. The van der Waals surface area contributed by atoms with Crippen molar-refractivity contribution < 1.29 is 92.8 Å². The molecule has 0 amide bonds. The molecule has 3 saturated heterocycles. The van der Waals surface area contributed by atoms with Crippen LogP contribution < -0.4 is 33.4 Å². The van der Waals surface area contributed by atoms with E-state index < -0.39 is 145 Å². The van der Waals surface area contributed by atoms with Gasteiger partial charge in [0, 0.05) is 60.1 Å². The number of hydrogen-bond donors (Lipinski definition) is 5. The predicted octanol–water partition coefficient (Wildman–Crippen LogP) is 3.98. The number of nitrogens with two attached hydrogens (primary N) is 1. The van der Waals surface area contributed by atoms with E-state index in [-0.39, 0.29) is 93.0 Å². The second kappa shape index (κ2) is 35.1. The van der Waals surface area contributed by atoms with Crippen LogP contribution in [0.2, 0.25) is 0 Å². The number of rotatable bonds is 23. The molecular formula is C54H77Cl3F3N9O19. The minimum absolute atomic E-state index is 0.00955. The fourth-order valence-corrected chi connectivity index (χ4v) is 8.80. The maximum atomic E-state index is 15.4. The van der Waals surface area contributed by atoms with Crippen LogP contribution in [0.25, 0.3) is 0 Å². The van der Waals surface area contributed by atoms with Gasteiger partial charge in [-0.25, -0.2) is 27.6 Å². The van der Waals surface area contributed by atoms with Gasteiger partial charge >= 0.3 is 52.9 Å². The van der Waals surface area contributed by atoms with Crippen LogP contribution in [0.5, 0.6) is 0 Å². The molecule has 88 heavy (non-hydrogen) atoms. The number of halogens is 6. The topological polar surface area (TPSA) is 371 Å². The third-order valence-corrected chi connectivity index (χ3v) is 14.4. The summed E-state index contributed by atoms with van der Waals surface area (Å²) >= 11 is 17.7. The lowest BCUT2D eigenvalue weighted by Gasteiger charge is -2.31. The minimum atomic E-state index is -1.97. The number of nitrogen functional groups attached to an aromatic ring is 1. The predicted molar refractivity (Wildman–Crippen MR) is 310 cm³/mol. The van der Waals surface area contributed by atoms with Gasteiger partial charge in [-0.15, -0.1) is 34.8 Å². The lowest BCUT2D eigenvalue weighted by molar-refractivity contribution is -0.174. The van der Waals surface area contributed by atoms with E-state index in [1.807, 2.05) is 0 Å². The molecule has 3 aliphatic rings. The quantitative estimate of drug-likeness (QED) is 0.0388. The Morgan fingerprint density at radius 3 is 1.28 bits per heavy atom. The number of aliphatic hydroxyl groups is 2. The Labute approximate surface area is 521 Å². The fourth-order valence-electron chi connectivity index (χ4n) is 7.91. The summed E-state index contributed by atoms with van der Waals surface area (Å²) in [6.45, 7) is 12.2. The maximum absolute atomic E-state index is 15.4. The summed E-state index contributed by atoms with van der Waals surface area (Å²) in [5.41, 5.74) is -2.00. The number of aromatic nitrogens is 6. The zero-order chi connectivity index (χ0) is 67.8. The number of carbonyl (C=O) groups excluding carboxylic acids is 6. The molecule has 0 saturated carbocycles. The summed E-state index contributed by atoms with van der Waals surface area (Å²) in [7, 11) is 0. The molecular weight excluding hydrogens is 1240 g/mol. The van der Waals surface area contributed by atoms with Crippen LogP contribution in [-0.2, 0) is 66.7 Å². The Kier molecular flexibility index (Phi) is 28.8. The van der Waals surface area contributed by atoms with E-state index in [4.69, 9.17) is 76.4 Å². The molecule has 12 atom stereocenters. The zero-order valence-electron chi connectivity index (χ0n) is 51.6. The summed E-state index contributed by atoms with van der Waals surface area (Å²) < 4.78 is 103. The Morgan fingerprint density at radius 1 is 0.625 bits per heavy atom. The summed E-state index contributed by atoms with van der Waals surface area (Å²) in [4.78, 5) is 116. The van der Waals surface area contributed by atoms with Crippen molar-refractivity contribution in [2.45, 2.75) is 167 Å². The number of ether oxygens (including phenoxy) is 8. The average Bonchev–Trinajstić information content (AvgIpc) is 2.30. The van der Waals surface area contributed by atoms with Gasteiger partial charge in [-0.2, -0.15) is 15.0 Å². The largest absolute Gasteiger partial charge is 0.462 e. The smallest absolute Gasteiger partial charge is 0.351 e. The molecule has 0 aliphatic carbocycles. The molecule has 6 heterocycles. The monoisotopic (exact) mass is 1320 g/mol. The van der Waals surface area contributed by atoms with Gasteiger partial charge in [-0.1, -0.05) is 55.4 Å². The fraction of sp³-hybridized carbons (Fsp3) is 0.667. The molecule has 494 valence electrons. The number of aliphatic hydroxyl groups excluding tert-OH is 2. The highest BCUT2D eigenvalue weighted by Crippen LogP contribution is 2.44. The van der Waals surface area contributed by atoms with E-state index in [1.165, 1.54) is 43.7 Å². The van der Waals surface area contributed by atoms with Crippen molar-refractivity contribution in [2.24, 2.45) is 11.8 Å². The lowest BCUT2D eigenvalue weighted by Crippen LogP contribution is -2.50. The van der Waals surface area contributed by atoms with E-state index in [2.05, 4.69) is 30.3 Å². The minimum Gasteiger partial charge on any atom is -0.462 e. The van der Waals surface area contributed by atoms with Crippen LogP contribution in [-0.4, -0.2) is 179 Å². The Bertz CT molecular complexity index is 3030. The number of carbonyl (C=O) groups is 6. The summed E-state index contributed by atoms with van der Waals surface area (Å²) in [5.74, 6) is -4.48. The Morgan fingerprint density at radius 2 is 0.977 bits per heavy atom. The molecule has 6 N–H and O–H groups in total. The molecule has 28 nitrogen and oxygen atoms in total. The first-order chi connectivity index (χ1) is 42.5. The van der Waals surface area contributed by atoms with Gasteiger partial charge in [0.2, 0.25) is 0 Å². The van der Waals surface area contributed by atoms with Gasteiger partial charge in [-0.05, 0) is 32.0 Å². The first-order valence-corrected chi connectivity index (χ1v) is 29.1. The summed E-state index contributed by atoms with van der Waals surface area (Å²) in [6.07, 6.45) is -11.0. The van der Waals surface area contributed by atoms with Crippen LogP contribution in [0.1, 0.15) is 116 Å². The third kappa shape index (κ3) is 19.3. The Hall–Kier alpha value is -6.48. The molecule has 34 heteroatoms. The number of anilines is 3. The van der Waals surface area contributed by atoms with E-state index >= 15 is 8.78 Å². The molecule has 3 aromatic rings. The SMILES string of the molecule is CC(C)C(=O)OC(=O)C(C)C.CCC(=O)OC[C@@]1(CCl)O[C@@H](n2ccc(N)nc2=O)[C@H](F)[C@@H]1OC(=O)CC.[3H]CCNc1ccn([C@@H]2O[C@@](CO)(CCl)[C@@H](O)[C@H]2F)c(=O)n1.[3H]CCNc1ccn([C@@H]2O[C@](CCl)(COC(=O)CC)[C@@H](OC(=O)CC)[C@H]2F)c(=O)n1. The number of hydrogen-bond acceptors (Lipinski definition) is 25. The number of esters is 6. The lowest BCUT2D eigenvalue weighted by atomic mass is 9.98. The Balaban J connectivity index is 0.000000328. The molecule has 3 fully saturated rings. The van der Waals surface area contributed by atoms with Crippen LogP contribution in [0.3, 0.4) is 0 Å². The molecule has 0 radical (unpaired) electrons.